The largest absolute Gasteiger partial charge is 0.494 e. The van der Waals surface area contributed by atoms with E-state index in [1.54, 1.807) is 22.7 Å². The lowest BCUT2D eigenvalue weighted by molar-refractivity contribution is -0.144. The minimum absolute atomic E-state index is 0.0102. The Hall–Kier alpha value is -6.28. The Morgan fingerprint density at radius 3 is 2.22 bits per heavy atom. The molecule has 5 heterocycles. The molecule has 0 spiro atoms. The molecule has 408 valence electrons. The third kappa shape index (κ3) is 14.1. The number of carbonyl (C=O) groups excluding carboxylic acids is 4. The van der Waals surface area contributed by atoms with Crippen LogP contribution in [0.25, 0.3) is 15.4 Å². The van der Waals surface area contributed by atoms with E-state index in [0.717, 1.165) is 49.9 Å². The Balaban J connectivity index is 0.720. The van der Waals surface area contributed by atoms with Gasteiger partial charge < -0.3 is 40.2 Å². The molecule has 0 unspecified atom stereocenters. The van der Waals surface area contributed by atoms with E-state index in [4.69, 9.17) is 30.8 Å². The molecule has 0 radical (unpaired) electrons. The van der Waals surface area contributed by atoms with Crippen molar-refractivity contribution in [1.82, 2.24) is 35.6 Å². The zero-order valence-corrected chi connectivity index (χ0v) is 47.4. The highest BCUT2D eigenvalue weighted by Gasteiger charge is 2.44. The molecular weight excluding hydrogens is 1040 g/mol. The number of thiophene rings is 2. The predicted molar refractivity (Wildman–Crippen MR) is 301 cm³/mol. The standard InChI is InChI=1S/C58H69ClN8O8S2/c1-34-23-28-76-52(34)42-13-11-39(12-14-42)31-60-55(71)47-29-44(68)32-66(47)56(72)53(58(6,7)8)63-49(70)33-74-26-9-24-73-25-10-27-75-45-21-17-40(18-22-45)36(3)61-48(69)30-46-54-65-64-38(5)67(54)57-50(35(2)37(4)77-57)51(62-46)41-15-19-43(59)20-16-41/h11-23,28,36,44,46-47,53,68H,9-10,24-27,29-33H2,1-8H3,(H,60,71)(H,61,69)(H,63,70)/t36-,44-,46+,47+,53-/m1/s1. The Kier molecular flexibility index (Phi) is 18.8. The van der Waals surface area contributed by atoms with Crippen molar-refractivity contribution < 1.29 is 38.5 Å². The molecule has 1 saturated heterocycles. The lowest BCUT2D eigenvalue weighted by Gasteiger charge is -2.35. The first-order valence-electron chi connectivity index (χ1n) is 26.1. The number of ether oxygens (including phenoxy) is 3. The summed E-state index contributed by atoms with van der Waals surface area (Å²) < 4.78 is 19.4. The molecule has 4 amide bonds. The topological polar surface area (TPSA) is 199 Å². The Morgan fingerprint density at radius 2 is 1.53 bits per heavy atom. The summed E-state index contributed by atoms with van der Waals surface area (Å²) in [7, 11) is 0. The monoisotopic (exact) mass is 1100 g/mol. The van der Waals surface area contributed by atoms with Crippen LogP contribution in [-0.4, -0.2) is 112 Å². The summed E-state index contributed by atoms with van der Waals surface area (Å²) in [6, 6.07) is 22.7. The number of aryl methyl sites for hydroxylation is 3. The number of aromatic nitrogens is 3. The minimum Gasteiger partial charge on any atom is -0.494 e. The van der Waals surface area contributed by atoms with E-state index >= 15 is 0 Å². The van der Waals surface area contributed by atoms with E-state index in [1.807, 2.05) is 112 Å². The van der Waals surface area contributed by atoms with Gasteiger partial charge in [0.05, 0.1) is 30.9 Å². The van der Waals surface area contributed by atoms with Gasteiger partial charge in [-0.1, -0.05) is 80.9 Å². The number of carbonyl (C=O) groups is 4. The summed E-state index contributed by atoms with van der Waals surface area (Å²) in [5.41, 5.74) is 7.30. The van der Waals surface area contributed by atoms with E-state index < -0.39 is 41.5 Å². The summed E-state index contributed by atoms with van der Waals surface area (Å²) in [6.45, 7) is 17.3. The summed E-state index contributed by atoms with van der Waals surface area (Å²) in [6.07, 6.45) is 0.526. The van der Waals surface area contributed by atoms with Gasteiger partial charge in [0.15, 0.2) is 5.82 Å². The molecule has 5 atom stereocenters. The van der Waals surface area contributed by atoms with Crippen molar-refractivity contribution in [2.75, 3.05) is 39.6 Å². The highest BCUT2D eigenvalue weighted by molar-refractivity contribution is 7.15. The number of benzene rings is 3. The number of aliphatic hydroxyl groups is 1. The minimum atomic E-state index is -0.956. The van der Waals surface area contributed by atoms with Crippen LogP contribution in [0.2, 0.25) is 5.02 Å². The fraction of sp³-hybridized carbons (Fsp3) is 0.431. The van der Waals surface area contributed by atoms with Crippen LogP contribution in [0.1, 0.15) is 115 Å². The number of nitrogens with zero attached hydrogens (tertiary/aromatic N) is 5. The average Bonchev–Trinajstić information content (AvgIpc) is 4.31. The third-order valence-electron chi connectivity index (χ3n) is 13.8. The number of hydrogen-bond acceptors (Lipinski definition) is 13. The summed E-state index contributed by atoms with van der Waals surface area (Å²) >= 11 is 9.62. The number of halogens is 1. The predicted octanol–water partition coefficient (Wildman–Crippen LogP) is 9.11. The van der Waals surface area contributed by atoms with Gasteiger partial charge in [-0.15, -0.1) is 32.9 Å². The molecular formula is C58H69ClN8O8S2. The maximum atomic E-state index is 14.0. The van der Waals surface area contributed by atoms with Crippen LogP contribution in [-0.2, 0) is 35.2 Å². The zero-order valence-electron chi connectivity index (χ0n) is 45.0. The maximum Gasteiger partial charge on any atom is 0.246 e. The van der Waals surface area contributed by atoms with Crippen molar-refractivity contribution >= 4 is 63.6 Å². The van der Waals surface area contributed by atoms with E-state index in [0.29, 0.717) is 49.3 Å². The fourth-order valence-corrected chi connectivity index (χ4v) is 11.8. The summed E-state index contributed by atoms with van der Waals surface area (Å²) in [5.74, 6) is 0.632. The highest BCUT2D eigenvalue weighted by atomic mass is 35.5. The van der Waals surface area contributed by atoms with Gasteiger partial charge in [-0.25, -0.2) is 0 Å². The van der Waals surface area contributed by atoms with Gasteiger partial charge in [0.1, 0.15) is 41.3 Å². The van der Waals surface area contributed by atoms with Crippen LogP contribution < -0.4 is 20.7 Å². The van der Waals surface area contributed by atoms with Gasteiger partial charge in [-0.3, -0.25) is 28.7 Å². The van der Waals surface area contributed by atoms with Gasteiger partial charge in [-0.05, 0) is 110 Å². The zero-order chi connectivity index (χ0) is 55.0. The fourth-order valence-electron chi connectivity index (χ4n) is 9.50. The number of aliphatic hydroxyl groups excluding tert-OH is 1. The molecule has 0 saturated carbocycles. The van der Waals surface area contributed by atoms with E-state index in [2.05, 4.69) is 58.4 Å². The van der Waals surface area contributed by atoms with Crippen molar-refractivity contribution in [1.29, 1.82) is 0 Å². The number of amides is 4. The smallest absolute Gasteiger partial charge is 0.246 e. The molecule has 8 rings (SSSR count). The Labute approximate surface area is 463 Å². The number of aliphatic imine (C=N–C) groups is 1. The van der Waals surface area contributed by atoms with Crippen molar-refractivity contribution in [2.45, 2.75) is 118 Å². The van der Waals surface area contributed by atoms with Crippen molar-refractivity contribution in [3.63, 3.8) is 0 Å². The van der Waals surface area contributed by atoms with Gasteiger partial charge in [0.2, 0.25) is 23.6 Å². The second-order valence-corrected chi connectivity index (χ2v) is 23.4. The molecule has 19 heteroatoms. The molecule has 4 N–H and O–H groups in total. The van der Waals surface area contributed by atoms with Gasteiger partial charge in [0, 0.05) is 71.7 Å². The molecule has 77 heavy (non-hydrogen) atoms. The van der Waals surface area contributed by atoms with Gasteiger partial charge >= 0.3 is 0 Å². The van der Waals surface area contributed by atoms with Crippen LogP contribution in [0, 0.1) is 33.1 Å². The molecule has 16 nitrogen and oxygen atoms in total. The van der Waals surface area contributed by atoms with Crippen LogP contribution in [0.5, 0.6) is 5.75 Å². The number of fused-ring (bicyclic) bond motifs is 3. The third-order valence-corrected chi connectivity index (χ3v) is 16.3. The number of rotatable bonds is 22. The van der Waals surface area contributed by atoms with Gasteiger partial charge in [-0.2, -0.15) is 0 Å². The molecule has 3 aromatic heterocycles. The lowest BCUT2D eigenvalue weighted by Crippen LogP contribution is -2.58. The maximum absolute atomic E-state index is 14.0. The average molecular weight is 1110 g/mol. The van der Waals surface area contributed by atoms with Gasteiger partial charge in [0.25, 0.3) is 0 Å². The van der Waals surface area contributed by atoms with E-state index in [1.165, 1.54) is 20.2 Å². The number of β-amino-alcohol motifs (C(OH)–C–C–N with tert-alkyl or cyclic N) is 1. The summed E-state index contributed by atoms with van der Waals surface area (Å²) in [5, 5.41) is 32.1. The second kappa shape index (κ2) is 25.5. The molecule has 3 aromatic carbocycles. The lowest BCUT2D eigenvalue weighted by atomic mass is 9.85. The molecule has 2 aliphatic rings. The first-order valence-corrected chi connectivity index (χ1v) is 28.2. The molecule has 0 aliphatic carbocycles. The second-order valence-electron chi connectivity index (χ2n) is 20.8. The number of hydrogen-bond donors (Lipinski definition) is 4. The van der Waals surface area contributed by atoms with Crippen molar-refractivity contribution in [3.8, 4) is 21.2 Å². The SMILES string of the molecule is Cc1ccsc1-c1ccc(CNC(=O)[C@@H]2C[C@@H](O)CN2C(=O)[C@@H](NC(=O)COCCCOCCCOc2ccc([C@@H](C)NC(=O)C[C@@H]3N=C(c4ccc(Cl)cc4)c4c(sc(C)c4C)-n4c(C)nnc43)cc2)C(C)(C)C)cc1. The van der Waals surface area contributed by atoms with Crippen molar-refractivity contribution in [2.24, 2.45) is 10.4 Å². The number of likely N-dealkylation sites (tertiary alicyclic amines) is 1. The normalized spacial score (nSPS) is 16.9. The molecule has 2 aliphatic heterocycles. The van der Waals surface area contributed by atoms with Crippen LogP contribution >= 0.6 is 34.3 Å². The molecule has 6 aromatic rings. The van der Waals surface area contributed by atoms with E-state index in [-0.39, 0.29) is 57.0 Å². The quantitative estimate of drug-likeness (QED) is 0.0476. The number of nitrogens with one attached hydrogen (secondary N) is 3. The Morgan fingerprint density at radius 1 is 0.844 bits per heavy atom. The molecule has 1 fully saturated rings. The first kappa shape index (κ1) is 56.9. The summed E-state index contributed by atoms with van der Waals surface area (Å²) in [4.78, 5) is 63.3. The Bertz CT molecular complexity index is 3060. The molecule has 0 bridgehead atoms. The highest BCUT2D eigenvalue weighted by Crippen LogP contribution is 2.40. The van der Waals surface area contributed by atoms with Crippen LogP contribution in [0.4, 0.5) is 0 Å². The van der Waals surface area contributed by atoms with E-state index in [9.17, 15) is 24.3 Å². The van der Waals surface area contributed by atoms with Crippen LogP contribution in [0.15, 0.2) is 89.2 Å². The van der Waals surface area contributed by atoms with Crippen molar-refractivity contribution in [3.05, 3.63) is 139 Å². The van der Waals surface area contributed by atoms with Crippen LogP contribution in [0.3, 0.4) is 0 Å². The first-order chi connectivity index (χ1) is 36.9.